The zero-order valence-electron chi connectivity index (χ0n) is 29.2. The summed E-state index contributed by atoms with van der Waals surface area (Å²) in [5.74, 6) is 0.346. The van der Waals surface area contributed by atoms with Crippen molar-refractivity contribution in [3.63, 3.8) is 0 Å². The maximum absolute atomic E-state index is 13.6. The van der Waals surface area contributed by atoms with Crippen molar-refractivity contribution in [1.29, 1.82) is 0 Å². The monoisotopic (exact) mass is 662 g/mol. The molecule has 262 valence electrons. The molecule has 1 aromatic carbocycles. The lowest BCUT2D eigenvalue weighted by atomic mass is 9.91. The van der Waals surface area contributed by atoms with Gasteiger partial charge in [0, 0.05) is 48.1 Å². The summed E-state index contributed by atoms with van der Waals surface area (Å²) in [7, 11) is 0. The molecule has 1 unspecified atom stereocenters. The van der Waals surface area contributed by atoms with Crippen molar-refractivity contribution < 1.29 is 18.4 Å². The first kappa shape index (κ1) is 36.0. The van der Waals surface area contributed by atoms with E-state index in [0.717, 1.165) is 86.9 Å². The Morgan fingerprint density at radius 1 is 1.00 bits per heavy atom. The van der Waals surface area contributed by atoms with Gasteiger partial charge in [-0.3, -0.25) is 14.2 Å². The lowest BCUT2D eigenvalue weighted by Gasteiger charge is -2.31. The summed E-state index contributed by atoms with van der Waals surface area (Å²) in [5.41, 5.74) is 2.88. The SMILES string of the molecule is CCCCCCCC/C=C/CCCCCC(=O)OC1CCCn2c1nc(C)c(CCN1CCC(c3noc4cc(F)ccc34)CC1)c2=O. The topological polar surface area (TPSA) is 90.5 Å². The average molecular weight is 663 g/mol. The van der Waals surface area contributed by atoms with Crippen LogP contribution in [0.25, 0.3) is 11.0 Å². The number of carbonyl (C=O) groups is 1. The van der Waals surface area contributed by atoms with Gasteiger partial charge in [-0.1, -0.05) is 62.8 Å². The Morgan fingerprint density at radius 3 is 2.50 bits per heavy atom. The Bertz CT molecular complexity index is 1560. The number of ether oxygens (including phenoxy) is 1. The number of aromatic nitrogens is 3. The predicted molar refractivity (Wildman–Crippen MR) is 188 cm³/mol. The number of fused-ring (bicyclic) bond motifs is 2. The largest absolute Gasteiger partial charge is 0.454 e. The molecule has 0 bridgehead atoms. The van der Waals surface area contributed by atoms with Crippen LogP contribution in [-0.2, 0) is 22.5 Å². The molecule has 9 heteroatoms. The second kappa shape index (κ2) is 18.4. The van der Waals surface area contributed by atoms with E-state index in [9.17, 15) is 14.0 Å². The molecule has 1 fully saturated rings. The van der Waals surface area contributed by atoms with E-state index in [4.69, 9.17) is 14.2 Å². The van der Waals surface area contributed by atoms with Crippen molar-refractivity contribution in [1.82, 2.24) is 19.6 Å². The standard InChI is InChI=1S/C39H55FN4O4/c1-3-4-5-6-7-8-9-10-11-12-13-14-15-18-36(45)47-34-17-16-24-44-38(34)41-29(2)32(39(44)46)23-27-43-25-21-30(22-26-43)37-33-20-19-31(40)28-35(33)48-42-37/h10-11,19-20,28,30,34H,3-9,12-18,21-27H2,1-2H3/b11-10+. The van der Waals surface area contributed by atoms with Gasteiger partial charge in [0.15, 0.2) is 17.5 Å². The molecule has 1 atom stereocenters. The van der Waals surface area contributed by atoms with E-state index in [2.05, 4.69) is 29.1 Å². The minimum absolute atomic E-state index is 0.000943. The minimum Gasteiger partial charge on any atom is -0.454 e. The van der Waals surface area contributed by atoms with E-state index >= 15 is 0 Å². The molecule has 5 rings (SSSR count). The third-order valence-corrected chi connectivity index (χ3v) is 10.2. The van der Waals surface area contributed by atoms with Gasteiger partial charge in [-0.05, 0) is 96.4 Å². The van der Waals surface area contributed by atoms with Crippen LogP contribution >= 0.6 is 0 Å². The lowest BCUT2D eigenvalue weighted by Crippen LogP contribution is -2.38. The molecular weight excluding hydrogens is 607 g/mol. The van der Waals surface area contributed by atoms with E-state index < -0.39 is 6.10 Å². The number of esters is 1. The molecule has 0 spiro atoms. The Morgan fingerprint density at radius 2 is 1.73 bits per heavy atom. The number of benzene rings is 1. The first-order valence-electron chi connectivity index (χ1n) is 18.7. The second-order valence-electron chi connectivity index (χ2n) is 13.8. The van der Waals surface area contributed by atoms with Crippen molar-refractivity contribution in [3.05, 3.63) is 69.3 Å². The van der Waals surface area contributed by atoms with Crippen molar-refractivity contribution in [3.8, 4) is 0 Å². The third-order valence-electron chi connectivity index (χ3n) is 10.2. The molecule has 3 aromatic rings. The van der Waals surface area contributed by atoms with Crippen LogP contribution in [0.4, 0.5) is 4.39 Å². The number of allylic oxidation sites excluding steroid dienone is 2. The predicted octanol–water partition coefficient (Wildman–Crippen LogP) is 8.89. The van der Waals surface area contributed by atoms with Gasteiger partial charge in [0.05, 0.1) is 5.69 Å². The van der Waals surface area contributed by atoms with E-state index in [0.29, 0.717) is 37.2 Å². The summed E-state index contributed by atoms with van der Waals surface area (Å²) in [4.78, 5) is 33.6. The summed E-state index contributed by atoms with van der Waals surface area (Å²) in [6, 6.07) is 4.60. The molecule has 48 heavy (non-hydrogen) atoms. The van der Waals surface area contributed by atoms with Crippen molar-refractivity contribution >= 4 is 16.9 Å². The Hall–Kier alpha value is -3.33. The van der Waals surface area contributed by atoms with Crippen molar-refractivity contribution in [2.45, 2.75) is 142 Å². The summed E-state index contributed by atoms with van der Waals surface area (Å²) < 4.78 is 26.6. The molecular formula is C39H55FN4O4. The number of aryl methyl sites for hydroxylation is 1. The first-order valence-corrected chi connectivity index (χ1v) is 18.7. The van der Waals surface area contributed by atoms with Gasteiger partial charge < -0.3 is 14.2 Å². The van der Waals surface area contributed by atoms with E-state index in [1.165, 1.54) is 57.1 Å². The minimum atomic E-state index is -0.459. The first-order chi connectivity index (χ1) is 23.4. The van der Waals surface area contributed by atoms with E-state index in [-0.39, 0.29) is 23.3 Å². The maximum Gasteiger partial charge on any atom is 0.306 e. The van der Waals surface area contributed by atoms with Crippen LogP contribution in [0.1, 0.15) is 144 Å². The van der Waals surface area contributed by atoms with Gasteiger partial charge in [-0.2, -0.15) is 0 Å². The summed E-state index contributed by atoms with van der Waals surface area (Å²) >= 11 is 0. The van der Waals surface area contributed by atoms with Crippen LogP contribution in [0.5, 0.6) is 0 Å². The van der Waals surface area contributed by atoms with Crippen LogP contribution in [0.3, 0.4) is 0 Å². The number of likely N-dealkylation sites (tertiary alicyclic amines) is 1. The van der Waals surface area contributed by atoms with Gasteiger partial charge in [0.25, 0.3) is 5.56 Å². The van der Waals surface area contributed by atoms with Crippen molar-refractivity contribution in [2.75, 3.05) is 19.6 Å². The molecule has 2 aliphatic rings. The van der Waals surface area contributed by atoms with Crippen LogP contribution in [0.15, 0.2) is 39.7 Å². The summed E-state index contributed by atoms with van der Waals surface area (Å²) in [6.07, 6.45) is 21.7. The van der Waals surface area contributed by atoms with E-state index in [1.54, 1.807) is 10.6 Å². The highest BCUT2D eigenvalue weighted by Gasteiger charge is 2.29. The number of hydrogen-bond acceptors (Lipinski definition) is 7. The molecule has 8 nitrogen and oxygen atoms in total. The Kier molecular flexibility index (Phi) is 13.8. The van der Waals surface area contributed by atoms with Crippen LogP contribution in [0.2, 0.25) is 0 Å². The van der Waals surface area contributed by atoms with Crippen molar-refractivity contribution in [2.24, 2.45) is 0 Å². The Labute approximate surface area is 285 Å². The lowest BCUT2D eigenvalue weighted by molar-refractivity contribution is -0.151. The quantitative estimate of drug-likeness (QED) is 0.0763. The molecule has 1 saturated heterocycles. The fraction of sp³-hybridized carbons (Fsp3) is 0.641. The molecule has 0 N–H and O–H groups in total. The Balaban J connectivity index is 1.03. The molecule has 4 heterocycles. The zero-order valence-corrected chi connectivity index (χ0v) is 29.2. The highest BCUT2D eigenvalue weighted by atomic mass is 19.1. The van der Waals surface area contributed by atoms with Gasteiger partial charge >= 0.3 is 5.97 Å². The number of halogens is 1. The summed E-state index contributed by atoms with van der Waals surface area (Å²) in [6.45, 7) is 7.33. The van der Waals surface area contributed by atoms with Crippen LogP contribution < -0.4 is 5.56 Å². The fourth-order valence-electron chi connectivity index (χ4n) is 7.28. The van der Waals surface area contributed by atoms with Gasteiger partial charge in [0.2, 0.25) is 0 Å². The molecule has 2 aliphatic heterocycles. The molecule has 0 radical (unpaired) electrons. The van der Waals surface area contributed by atoms with E-state index in [1.807, 2.05) is 6.92 Å². The third kappa shape index (κ3) is 9.86. The maximum atomic E-state index is 13.6. The molecule has 2 aromatic heterocycles. The zero-order chi connectivity index (χ0) is 33.7. The van der Waals surface area contributed by atoms with Gasteiger partial charge in [0.1, 0.15) is 5.82 Å². The fourth-order valence-corrected chi connectivity index (χ4v) is 7.28. The van der Waals surface area contributed by atoms with Crippen LogP contribution in [0, 0.1) is 12.7 Å². The molecule has 0 amide bonds. The number of unbranched alkanes of at least 4 members (excludes halogenated alkanes) is 9. The number of hydrogen-bond donors (Lipinski definition) is 0. The molecule has 0 aliphatic carbocycles. The smallest absolute Gasteiger partial charge is 0.306 e. The normalized spacial score (nSPS) is 17.4. The van der Waals surface area contributed by atoms with Crippen LogP contribution in [-0.4, -0.2) is 45.2 Å². The number of piperidine rings is 1. The highest BCUT2D eigenvalue weighted by Crippen LogP contribution is 2.33. The second-order valence-corrected chi connectivity index (χ2v) is 13.8. The number of nitrogens with zero attached hydrogens (tertiary/aromatic N) is 4. The number of rotatable bonds is 18. The summed E-state index contributed by atoms with van der Waals surface area (Å²) in [5, 5.41) is 5.15. The highest BCUT2D eigenvalue weighted by molar-refractivity contribution is 5.79. The van der Waals surface area contributed by atoms with Gasteiger partial charge in [-0.15, -0.1) is 0 Å². The average Bonchev–Trinajstić information content (AvgIpc) is 3.50. The molecule has 0 saturated carbocycles. The van der Waals surface area contributed by atoms with Gasteiger partial charge in [-0.25, -0.2) is 9.37 Å². The number of carbonyl (C=O) groups excluding carboxylic acids is 1.